The average Bonchev–Trinajstić information content (AvgIpc) is 3.58. The molecule has 1 saturated carbocycles. The fourth-order valence-electron chi connectivity index (χ4n) is 7.22. The van der Waals surface area contributed by atoms with Gasteiger partial charge in [-0.05, 0) is 73.8 Å². The summed E-state index contributed by atoms with van der Waals surface area (Å²) in [5.74, 6) is 1.07. The topological polar surface area (TPSA) is 59.0 Å². The molecule has 204 valence electrons. The van der Waals surface area contributed by atoms with E-state index in [-0.39, 0.29) is 23.8 Å². The number of aromatic nitrogens is 2. The van der Waals surface area contributed by atoms with Gasteiger partial charge in [-0.15, -0.1) is 0 Å². The predicted molar refractivity (Wildman–Crippen MR) is 152 cm³/mol. The number of fused-ring (bicyclic) bond motifs is 1. The van der Waals surface area contributed by atoms with Crippen LogP contribution in [0.15, 0.2) is 71.9 Å². The van der Waals surface area contributed by atoms with Gasteiger partial charge in [-0.2, -0.15) is 5.10 Å². The maximum Gasteiger partial charge on any atom is 0.315 e. The number of hydrogen-bond acceptors (Lipinski definition) is 2. The van der Waals surface area contributed by atoms with Crippen molar-refractivity contribution >= 4 is 6.03 Å². The standard InChI is InChI=1S/C33H39FN4O/c1-22-29-21-36-38(28-16-14-27(34)15-17-28)31(29)19-26-13-12-25(32(22)26)18-30(24-10-6-3-7-11-24)37-33(39)35-20-23-8-4-2-5-9-23/h3,6-7,10-11,14-17,21-23,25,30H,2,4-5,8-9,12-13,18-20H2,1H3,(H2,35,37,39)/t22-,25+,30?/m0/s1. The van der Waals surface area contributed by atoms with Crippen LogP contribution in [0, 0.1) is 17.7 Å². The molecular formula is C33H39FN4O. The van der Waals surface area contributed by atoms with Crippen LogP contribution >= 0.6 is 0 Å². The second kappa shape index (κ2) is 11.4. The van der Waals surface area contributed by atoms with Gasteiger partial charge in [-0.3, -0.25) is 0 Å². The molecule has 0 radical (unpaired) electrons. The molecule has 3 aromatic rings. The lowest BCUT2D eigenvalue weighted by Gasteiger charge is -2.30. The van der Waals surface area contributed by atoms with Crippen LogP contribution in [0.1, 0.15) is 87.1 Å². The molecule has 0 spiro atoms. The summed E-state index contributed by atoms with van der Waals surface area (Å²) in [5.41, 5.74) is 7.58. The Kier molecular flexibility index (Phi) is 7.53. The van der Waals surface area contributed by atoms with Gasteiger partial charge in [-0.1, -0.05) is 67.7 Å². The highest BCUT2D eigenvalue weighted by molar-refractivity contribution is 5.74. The first-order valence-corrected chi connectivity index (χ1v) is 14.7. The van der Waals surface area contributed by atoms with E-state index in [1.807, 2.05) is 16.9 Å². The van der Waals surface area contributed by atoms with Gasteiger partial charge in [-0.25, -0.2) is 13.9 Å². The zero-order valence-corrected chi connectivity index (χ0v) is 22.8. The number of carbonyl (C=O) groups is 1. The fraction of sp³-hybridized carbons (Fsp3) is 0.455. The molecule has 0 bridgehead atoms. The van der Waals surface area contributed by atoms with Crippen molar-refractivity contribution < 1.29 is 9.18 Å². The molecule has 1 heterocycles. The zero-order chi connectivity index (χ0) is 26.8. The Morgan fingerprint density at radius 1 is 1.05 bits per heavy atom. The van der Waals surface area contributed by atoms with Crippen molar-refractivity contribution in [2.45, 2.75) is 76.7 Å². The summed E-state index contributed by atoms with van der Waals surface area (Å²) in [6.07, 6.45) is 12.3. The number of nitrogens with one attached hydrogen (secondary N) is 2. The van der Waals surface area contributed by atoms with E-state index < -0.39 is 0 Å². The van der Waals surface area contributed by atoms with Crippen LogP contribution in [-0.4, -0.2) is 22.4 Å². The normalized spacial score (nSPS) is 21.8. The quantitative estimate of drug-likeness (QED) is 0.315. The Hall–Kier alpha value is -3.41. The third-order valence-electron chi connectivity index (χ3n) is 9.23. The SMILES string of the molecule is C[C@@H]1C2=C(CC[C@@H]2CC(NC(=O)NCC2CCCCC2)c2ccccc2)Cc2c1cnn2-c1ccc(F)cc1. The second-order valence-electron chi connectivity index (χ2n) is 11.7. The van der Waals surface area contributed by atoms with Crippen LogP contribution in [0.5, 0.6) is 0 Å². The fourth-order valence-corrected chi connectivity index (χ4v) is 7.22. The van der Waals surface area contributed by atoms with E-state index in [2.05, 4.69) is 41.8 Å². The minimum absolute atomic E-state index is 0.0371. The minimum Gasteiger partial charge on any atom is -0.338 e. The molecule has 2 amide bonds. The summed E-state index contributed by atoms with van der Waals surface area (Å²) in [5, 5.41) is 11.2. The van der Waals surface area contributed by atoms with Crippen molar-refractivity contribution in [2.24, 2.45) is 11.8 Å². The van der Waals surface area contributed by atoms with Crippen LogP contribution in [-0.2, 0) is 6.42 Å². The molecule has 1 fully saturated rings. The third-order valence-corrected chi connectivity index (χ3v) is 9.23. The van der Waals surface area contributed by atoms with Crippen LogP contribution in [0.25, 0.3) is 5.69 Å². The Labute approximate surface area is 230 Å². The van der Waals surface area contributed by atoms with Gasteiger partial charge in [0.2, 0.25) is 0 Å². The smallest absolute Gasteiger partial charge is 0.315 e. The molecule has 2 N–H and O–H groups in total. The first-order chi connectivity index (χ1) is 19.1. The van der Waals surface area contributed by atoms with E-state index >= 15 is 0 Å². The number of carbonyl (C=O) groups excluding carboxylic acids is 1. The molecule has 1 aromatic heterocycles. The molecule has 1 unspecified atom stereocenters. The monoisotopic (exact) mass is 526 g/mol. The van der Waals surface area contributed by atoms with E-state index in [9.17, 15) is 9.18 Å². The van der Waals surface area contributed by atoms with E-state index in [0.717, 1.165) is 43.5 Å². The summed E-state index contributed by atoms with van der Waals surface area (Å²) >= 11 is 0. The lowest BCUT2D eigenvalue weighted by molar-refractivity contribution is 0.230. The largest absolute Gasteiger partial charge is 0.338 e. The van der Waals surface area contributed by atoms with Crippen LogP contribution in [0.3, 0.4) is 0 Å². The first kappa shape index (κ1) is 25.8. The van der Waals surface area contributed by atoms with Gasteiger partial charge in [0.05, 0.1) is 23.6 Å². The molecule has 3 aliphatic carbocycles. The molecule has 6 heteroatoms. The number of urea groups is 1. The number of hydrogen-bond donors (Lipinski definition) is 2. The second-order valence-corrected chi connectivity index (χ2v) is 11.7. The summed E-state index contributed by atoms with van der Waals surface area (Å²) in [6, 6.07) is 16.9. The van der Waals surface area contributed by atoms with Crippen molar-refractivity contribution in [3.8, 4) is 5.69 Å². The van der Waals surface area contributed by atoms with Gasteiger partial charge in [0.1, 0.15) is 5.82 Å². The van der Waals surface area contributed by atoms with E-state index in [0.29, 0.717) is 11.8 Å². The van der Waals surface area contributed by atoms with Gasteiger partial charge < -0.3 is 10.6 Å². The van der Waals surface area contributed by atoms with Gasteiger partial charge in [0.25, 0.3) is 0 Å². The van der Waals surface area contributed by atoms with Gasteiger partial charge in [0.15, 0.2) is 0 Å². The molecule has 0 saturated heterocycles. The lowest BCUT2D eigenvalue weighted by Crippen LogP contribution is -2.41. The maximum absolute atomic E-state index is 13.5. The summed E-state index contributed by atoms with van der Waals surface area (Å²) in [7, 11) is 0. The van der Waals surface area contributed by atoms with Crippen molar-refractivity contribution in [3.63, 3.8) is 0 Å². The highest BCUT2D eigenvalue weighted by Crippen LogP contribution is 2.49. The van der Waals surface area contributed by atoms with E-state index in [4.69, 9.17) is 5.10 Å². The zero-order valence-electron chi connectivity index (χ0n) is 22.8. The first-order valence-electron chi connectivity index (χ1n) is 14.7. The molecular weight excluding hydrogens is 487 g/mol. The molecule has 0 aliphatic heterocycles. The van der Waals surface area contributed by atoms with Gasteiger partial charge in [0, 0.05) is 24.4 Å². The molecule has 3 atom stereocenters. The van der Waals surface area contributed by atoms with E-state index in [1.54, 1.807) is 12.1 Å². The Balaban J connectivity index is 1.18. The highest BCUT2D eigenvalue weighted by atomic mass is 19.1. The molecule has 2 aromatic carbocycles. The molecule has 3 aliphatic rings. The number of benzene rings is 2. The van der Waals surface area contributed by atoms with E-state index in [1.165, 1.54) is 66.6 Å². The highest BCUT2D eigenvalue weighted by Gasteiger charge is 2.37. The Morgan fingerprint density at radius 3 is 2.59 bits per heavy atom. The third kappa shape index (κ3) is 5.52. The van der Waals surface area contributed by atoms with Crippen molar-refractivity contribution in [3.05, 3.63) is 94.6 Å². The summed E-state index contributed by atoms with van der Waals surface area (Å²) in [4.78, 5) is 13.0. The number of rotatable bonds is 7. The number of nitrogens with zero attached hydrogens (tertiary/aromatic N) is 2. The maximum atomic E-state index is 13.5. The number of halogens is 1. The lowest BCUT2D eigenvalue weighted by atomic mass is 9.78. The molecule has 39 heavy (non-hydrogen) atoms. The van der Waals surface area contributed by atoms with Crippen molar-refractivity contribution in [1.29, 1.82) is 0 Å². The van der Waals surface area contributed by atoms with Crippen LogP contribution in [0.4, 0.5) is 9.18 Å². The summed E-state index contributed by atoms with van der Waals surface area (Å²) in [6.45, 7) is 3.06. The number of allylic oxidation sites excluding steroid dienone is 2. The van der Waals surface area contributed by atoms with Crippen molar-refractivity contribution in [2.75, 3.05) is 6.54 Å². The van der Waals surface area contributed by atoms with Crippen LogP contribution < -0.4 is 10.6 Å². The molecule has 5 nitrogen and oxygen atoms in total. The minimum atomic E-state index is -0.235. The van der Waals surface area contributed by atoms with Crippen molar-refractivity contribution in [1.82, 2.24) is 20.4 Å². The Bertz CT molecular complexity index is 1320. The summed E-state index contributed by atoms with van der Waals surface area (Å²) < 4.78 is 15.5. The number of amides is 2. The average molecular weight is 527 g/mol. The predicted octanol–water partition coefficient (Wildman–Crippen LogP) is 7.39. The van der Waals surface area contributed by atoms with Crippen LogP contribution in [0.2, 0.25) is 0 Å². The van der Waals surface area contributed by atoms with Gasteiger partial charge >= 0.3 is 6.03 Å². The Morgan fingerprint density at radius 2 is 1.82 bits per heavy atom. The molecule has 6 rings (SSSR count).